The topological polar surface area (TPSA) is 76.1 Å². The van der Waals surface area contributed by atoms with Gasteiger partial charge in [0.25, 0.3) is 0 Å². The first-order valence-corrected chi connectivity index (χ1v) is 7.20. The SMILES string of the molecule is CC(C)(C)OC(=O)N1CC(Oc2ccccc2)CC1C(=O)O. The van der Waals surface area contributed by atoms with E-state index in [0.29, 0.717) is 5.75 Å². The van der Waals surface area contributed by atoms with Crippen molar-refractivity contribution in [1.29, 1.82) is 0 Å². The van der Waals surface area contributed by atoms with Gasteiger partial charge in [-0.05, 0) is 32.9 Å². The molecule has 1 fully saturated rings. The molecule has 1 amide bonds. The van der Waals surface area contributed by atoms with Crippen molar-refractivity contribution < 1.29 is 24.2 Å². The fourth-order valence-electron chi connectivity index (χ4n) is 2.33. The third kappa shape index (κ3) is 4.13. The van der Waals surface area contributed by atoms with Crippen LogP contribution in [0.1, 0.15) is 27.2 Å². The fourth-order valence-corrected chi connectivity index (χ4v) is 2.33. The van der Waals surface area contributed by atoms with Gasteiger partial charge in [-0.3, -0.25) is 4.90 Å². The smallest absolute Gasteiger partial charge is 0.411 e. The van der Waals surface area contributed by atoms with E-state index in [9.17, 15) is 14.7 Å². The summed E-state index contributed by atoms with van der Waals surface area (Å²) in [6, 6.07) is 8.21. The lowest BCUT2D eigenvalue weighted by Gasteiger charge is -2.26. The first-order chi connectivity index (χ1) is 10.3. The minimum Gasteiger partial charge on any atom is -0.488 e. The Morgan fingerprint density at radius 1 is 1.23 bits per heavy atom. The van der Waals surface area contributed by atoms with E-state index in [-0.39, 0.29) is 19.1 Å². The highest BCUT2D eigenvalue weighted by Gasteiger charge is 2.42. The number of nitrogens with zero attached hydrogens (tertiary/aromatic N) is 1. The Morgan fingerprint density at radius 2 is 1.86 bits per heavy atom. The maximum atomic E-state index is 12.2. The second-order valence-corrected chi connectivity index (χ2v) is 6.28. The molecule has 1 aliphatic rings. The van der Waals surface area contributed by atoms with Gasteiger partial charge >= 0.3 is 12.1 Å². The van der Waals surface area contributed by atoms with Crippen molar-refractivity contribution in [2.75, 3.05) is 6.54 Å². The lowest BCUT2D eigenvalue weighted by atomic mass is 10.2. The van der Waals surface area contributed by atoms with Gasteiger partial charge in [-0.2, -0.15) is 0 Å². The summed E-state index contributed by atoms with van der Waals surface area (Å²) >= 11 is 0. The molecule has 0 saturated carbocycles. The molecule has 2 unspecified atom stereocenters. The van der Waals surface area contributed by atoms with Gasteiger partial charge in [0.1, 0.15) is 23.5 Å². The van der Waals surface area contributed by atoms with Crippen LogP contribution < -0.4 is 4.74 Å². The number of ether oxygens (including phenoxy) is 2. The molecule has 1 aromatic carbocycles. The van der Waals surface area contributed by atoms with E-state index in [1.807, 2.05) is 18.2 Å². The third-order valence-corrected chi connectivity index (χ3v) is 3.22. The number of carboxylic acids is 1. The van der Waals surface area contributed by atoms with Crippen molar-refractivity contribution in [3.8, 4) is 5.75 Å². The number of benzene rings is 1. The zero-order chi connectivity index (χ0) is 16.3. The minimum absolute atomic E-state index is 0.195. The molecule has 0 bridgehead atoms. The van der Waals surface area contributed by atoms with Crippen molar-refractivity contribution >= 4 is 12.1 Å². The van der Waals surface area contributed by atoms with Crippen molar-refractivity contribution in [2.24, 2.45) is 0 Å². The molecule has 6 nitrogen and oxygen atoms in total. The second-order valence-electron chi connectivity index (χ2n) is 6.28. The molecule has 2 rings (SSSR count). The molecular formula is C16H21NO5. The van der Waals surface area contributed by atoms with Gasteiger partial charge in [0.15, 0.2) is 0 Å². The van der Waals surface area contributed by atoms with Gasteiger partial charge in [-0.15, -0.1) is 0 Å². The van der Waals surface area contributed by atoms with Crippen LogP contribution in [0.25, 0.3) is 0 Å². The van der Waals surface area contributed by atoms with Crippen LogP contribution in [-0.4, -0.2) is 46.4 Å². The van der Waals surface area contributed by atoms with Crippen LogP contribution in [-0.2, 0) is 9.53 Å². The highest BCUT2D eigenvalue weighted by molar-refractivity contribution is 5.81. The van der Waals surface area contributed by atoms with Crippen LogP contribution in [0.4, 0.5) is 4.79 Å². The molecule has 1 aromatic rings. The predicted molar refractivity (Wildman–Crippen MR) is 79.8 cm³/mol. The van der Waals surface area contributed by atoms with Crippen LogP contribution in [0, 0.1) is 0 Å². The van der Waals surface area contributed by atoms with E-state index in [2.05, 4.69) is 0 Å². The van der Waals surface area contributed by atoms with Gasteiger partial charge in [-0.1, -0.05) is 18.2 Å². The Labute approximate surface area is 129 Å². The standard InChI is InChI=1S/C16H21NO5/c1-16(2,3)22-15(20)17-10-12(9-13(17)14(18)19)21-11-7-5-4-6-8-11/h4-8,12-13H,9-10H2,1-3H3,(H,18,19). The van der Waals surface area contributed by atoms with Crippen LogP contribution in [0.2, 0.25) is 0 Å². The molecule has 120 valence electrons. The monoisotopic (exact) mass is 307 g/mol. The Bertz CT molecular complexity index is 537. The van der Waals surface area contributed by atoms with Gasteiger partial charge < -0.3 is 14.6 Å². The molecule has 1 saturated heterocycles. The maximum Gasteiger partial charge on any atom is 0.411 e. The Morgan fingerprint density at radius 3 is 2.41 bits per heavy atom. The summed E-state index contributed by atoms with van der Waals surface area (Å²) in [6.45, 7) is 5.43. The number of aliphatic carboxylic acids is 1. The van der Waals surface area contributed by atoms with Gasteiger partial charge in [-0.25, -0.2) is 9.59 Å². The quantitative estimate of drug-likeness (QED) is 0.928. The summed E-state index contributed by atoms with van der Waals surface area (Å²) in [7, 11) is 0. The first kappa shape index (κ1) is 16.1. The van der Waals surface area contributed by atoms with Gasteiger partial charge in [0.2, 0.25) is 0 Å². The lowest BCUT2D eigenvalue weighted by Crippen LogP contribution is -2.43. The largest absolute Gasteiger partial charge is 0.488 e. The van der Waals surface area contributed by atoms with Crippen molar-refractivity contribution in [3.63, 3.8) is 0 Å². The number of amides is 1. The summed E-state index contributed by atoms with van der Waals surface area (Å²) in [4.78, 5) is 24.8. The average molecular weight is 307 g/mol. The summed E-state index contributed by atoms with van der Waals surface area (Å²) in [6.07, 6.45) is -0.751. The van der Waals surface area contributed by atoms with Gasteiger partial charge in [0.05, 0.1) is 6.54 Å². The molecule has 2 atom stereocenters. The Hall–Kier alpha value is -2.24. The molecule has 0 radical (unpaired) electrons. The van der Waals surface area contributed by atoms with E-state index in [0.717, 1.165) is 0 Å². The Kier molecular flexibility index (Phi) is 4.59. The Balaban J connectivity index is 2.06. The molecular weight excluding hydrogens is 286 g/mol. The van der Waals surface area contributed by atoms with Crippen LogP contribution >= 0.6 is 0 Å². The number of hydrogen-bond acceptors (Lipinski definition) is 4. The van der Waals surface area contributed by atoms with Crippen molar-refractivity contribution in [2.45, 2.75) is 44.9 Å². The number of carbonyl (C=O) groups excluding carboxylic acids is 1. The summed E-state index contributed by atoms with van der Waals surface area (Å²) < 4.78 is 11.0. The molecule has 22 heavy (non-hydrogen) atoms. The molecule has 1 N–H and O–H groups in total. The van der Waals surface area contributed by atoms with E-state index in [1.165, 1.54) is 4.90 Å². The number of rotatable bonds is 3. The summed E-state index contributed by atoms with van der Waals surface area (Å²) in [5.74, 6) is -0.396. The molecule has 1 aliphatic heterocycles. The number of para-hydroxylation sites is 1. The van der Waals surface area contributed by atoms with Crippen LogP contribution in [0.3, 0.4) is 0 Å². The predicted octanol–water partition coefficient (Wildman–Crippen LogP) is 2.53. The molecule has 6 heteroatoms. The lowest BCUT2D eigenvalue weighted by molar-refractivity contribution is -0.142. The van der Waals surface area contributed by atoms with E-state index < -0.39 is 23.7 Å². The van der Waals surface area contributed by atoms with Crippen LogP contribution in [0.15, 0.2) is 30.3 Å². The molecule has 1 heterocycles. The normalized spacial score (nSPS) is 21.5. The van der Waals surface area contributed by atoms with E-state index in [1.54, 1.807) is 32.9 Å². The fraction of sp³-hybridized carbons (Fsp3) is 0.500. The third-order valence-electron chi connectivity index (χ3n) is 3.22. The maximum absolute atomic E-state index is 12.2. The summed E-state index contributed by atoms with van der Waals surface area (Å²) in [5, 5.41) is 9.31. The van der Waals surface area contributed by atoms with Crippen LogP contribution in [0.5, 0.6) is 5.75 Å². The average Bonchev–Trinajstić information content (AvgIpc) is 2.82. The minimum atomic E-state index is -1.05. The number of likely N-dealkylation sites (tertiary alicyclic amines) is 1. The molecule has 0 aliphatic carbocycles. The second kappa shape index (κ2) is 6.25. The number of hydrogen-bond donors (Lipinski definition) is 1. The first-order valence-electron chi connectivity index (χ1n) is 7.20. The van der Waals surface area contributed by atoms with Crippen molar-refractivity contribution in [3.05, 3.63) is 30.3 Å². The summed E-state index contributed by atoms with van der Waals surface area (Å²) in [5.41, 5.74) is -0.668. The highest BCUT2D eigenvalue weighted by Crippen LogP contribution is 2.25. The number of carbonyl (C=O) groups is 2. The highest BCUT2D eigenvalue weighted by atomic mass is 16.6. The zero-order valence-corrected chi connectivity index (χ0v) is 13.0. The molecule has 0 aromatic heterocycles. The number of carboxylic acid groups (broad SMARTS) is 1. The molecule has 0 spiro atoms. The van der Waals surface area contributed by atoms with Crippen molar-refractivity contribution in [1.82, 2.24) is 4.90 Å². The van der Waals surface area contributed by atoms with E-state index >= 15 is 0 Å². The van der Waals surface area contributed by atoms with Gasteiger partial charge in [0, 0.05) is 6.42 Å². The zero-order valence-electron chi connectivity index (χ0n) is 13.0. The van der Waals surface area contributed by atoms with E-state index in [4.69, 9.17) is 9.47 Å².